The van der Waals surface area contributed by atoms with Crippen molar-refractivity contribution < 1.29 is 14.3 Å². The van der Waals surface area contributed by atoms with E-state index in [1.807, 2.05) is 6.07 Å². The minimum Gasteiger partial charge on any atom is -0.444 e. The van der Waals surface area contributed by atoms with E-state index in [1.165, 1.54) is 4.90 Å². The number of ether oxygens (including phenoxy) is 1. The molecule has 0 aromatic carbocycles. The summed E-state index contributed by atoms with van der Waals surface area (Å²) >= 11 is 0. The Hall–Kier alpha value is -1.57. The van der Waals surface area contributed by atoms with Crippen molar-refractivity contribution in [3.63, 3.8) is 0 Å². The number of rotatable bonds is 0. The summed E-state index contributed by atoms with van der Waals surface area (Å²) < 4.78 is 5.14. The number of hydrogen-bond acceptors (Lipinski definition) is 4. The lowest BCUT2D eigenvalue weighted by Crippen LogP contribution is -2.46. The van der Waals surface area contributed by atoms with Crippen molar-refractivity contribution in [2.24, 2.45) is 5.92 Å². The van der Waals surface area contributed by atoms with Gasteiger partial charge >= 0.3 is 6.09 Å². The molecule has 0 aromatic rings. The Kier molecular flexibility index (Phi) is 3.53. The number of carbonyl (C=O) groups excluding carboxylic acids is 2. The molecule has 1 unspecified atom stereocenters. The van der Waals surface area contributed by atoms with Crippen LogP contribution in [0.25, 0.3) is 0 Å². The lowest BCUT2D eigenvalue weighted by atomic mass is 9.99. The van der Waals surface area contributed by atoms with E-state index in [4.69, 9.17) is 10.00 Å². The van der Waals surface area contributed by atoms with E-state index in [0.717, 1.165) is 0 Å². The molecule has 16 heavy (non-hydrogen) atoms. The molecule has 1 rings (SSSR count). The first-order valence-corrected chi connectivity index (χ1v) is 5.21. The zero-order valence-corrected chi connectivity index (χ0v) is 9.82. The molecular formula is C11H16N2O3. The predicted octanol–water partition coefficient (Wildman–Crippen LogP) is 1.34. The number of nitrogens with zero attached hydrogens (tertiary/aromatic N) is 2. The fourth-order valence-corrected chi connectivity index (χ4v) is 1.50. The van der Waals surface area contributed by atoms with Gasteiger partial charge in [0.2, 0.25) is 0 Å². The van der Waals surface area contributed by atoms with E-state index in [-0.39, 0.29) is 25.3 Å². The number of piperidine rings is 1. The van der Waals surface area contributed by atoms with Gasteiger partial charge in [0.05, 0.1) is 18.5 Å². The summed E-state index contributed by atoms with van der Waals surface area (Å²) in [4.78, 5) is 24.3. The highest BCUT2D eigenvalue weighted by Gasteiger charge is 2.31. The van der Waals surface area contributed by atoms with Gasteiger partial charge < -0.3 is 4.74 Å². The molecule has 1 amide bonds. The van der Waals surface area contributed by atoms with Gasteiger partial charge in [-0.05, 0) is 20.8 Å². The van der Waals surface area contributed by atoms with E-state index in [0.29, 0.717) is 0 Å². The van der Waals surface area contributed by atoms with Crippen molar-refractivity contribution in [3.05, 3.63) is 0 Å². The van der Waals surface area contributed by atoms with Crippen molar-refractivity contribution in [1.29, 1.82) is 5.26 Å². The highest BCUT2D eigenvalue weighted by atomic mass is 16.6. The van der Waals surface area contributed by atoms with E-state index in [1.54, 1.807) is 20.8 Å². The number of amides is 1. The lowest BCUT2D eigenvalue weighted by Gasteiger charge is -2.31. The summed E-state index contributed by atoms with van der Waals surface area (Å²) in [5.74, 6) is -0.502. The molecule has 5 nitrogen and oxygen atoms in total. The maximum absolute atomic E-state index is 11.7. The molecule has 1 saturated heterocycles. The molecule has 1 atom stereocenters. The molecule has 1 aliphatic heterocycles. The normalized spacial score (nSPS) is 21.5. The molecule has 5 heteroatoms. The van der Waals surface area contributed by atoms with Crippen LogP contribution in [0.4, 0.5) is 4.79 Å². The van der Waals surface area contributed by atoms with Crippen LogP contribution in [0.1, 0.15) is 27.2 Å². The molecule has 1 heterocycles. The van der Waals surface area contributed by atoms with E-state index < -0.39 is 17.6 Å². The molecule has 0 aliphatic carbocycles. The zero-order chi connectivity index (χ0) is 12.3. The van der Waals surface area contributed by atoms with Gasteiger partial charge in [-0.1, -0.05) is 0 Å². The molecule has 0 N–H and O–H groups in total. The highest BCUT2D eigenvalue weighted by molar-refractivity contribution is 5.85. The van der Waals surface area contributed by atoms with E-state index >= 15 is 0 Å². The summed E-state index contributed by atoms with van der Waals surface area (Å²) in [5, 5.41) is 8.76. The first-order valence-electron chi connectivity index (χ1n) is 5.21. The number of ketones is 1. The van der Waals surface area contributed by atoms with E-state index in [2.05, 4.69) is 0 Å². The predicted molar refractivity (Wildman–Crippen MR) is 56.5 cm³/mol. The molecule has 1 fully saturated rings. The fourth-order valence-electron chi connectivity index (χ4n) is 1.50. The minimum absolute atomic E-state index is 0.0487. The number of Topliss-reactive ketones (excluding diaryl/α,β-unsaturated/α-hetero) is 1. The van der Waals surface area contributed by atoms with E-state index in [9.17, 15) is 9.59 Å². The Morgan fingerprint density at radius 2 is 2.19 bits per heavy atom. The SMILES string of the molecule is CC(C)(C)OC(=O)N1CC(=O)CC(C#N)C1. The zero-order valence-electron chi connectivity index (χ0n) is 9.82. The van der Waals surface area contributed by atoms with Gasteiger partial charge in [0.15, 0.2) is 5.78 Å². The van der Waals surface area contributed by atoms with Gasteiger partial charge in [0.1, 0.15) is 5.60 Å². The maximum Gasteiger partial charge on any atom is 0.410 e. The van der Waals surface area contributed by atoms with Crippen molar-refractivity contribution in [1.82, 2.24) is 4.90 Å². The second-order valence-corrected chi connectivity index (χ2v) is 4.93. The average molecular weight is 224 g/mol. The number of nitriles is 1. The van der Waals surface area contributed by atoms with Crippen molar-refractivity contribution in [2.75, 3.05) is 13.1 Å². The summed E-state index contributed by atoms with van der Waals surface area (Å²) in [7, 11) is 0. The first-order chi connectivity index (χ1) is 7.31. The summed E-state index contributed by atoms with van der Waals surface area (Å²) in [6.45, 7) is 5.61. The van der Waals surface area contributed by atoms with Crippen LogP contribution in [0.5, 0.6) is 0 Å². The van der Waals surface area contributed by atoms with Crippen LogP contribution in [0.15, 0.2) is 0 Å². The Balaban J connectivity index is 2.63. The largest absolute Gasteiger partial charge is 0.444 e. The van der Waals surface area contributed by atoms with Crippen molar-refractivity contribution >= 4 is 11.9 Å². The van der Waals surface area contributed by atoms with Crippen molar-refractivity contribution in [2.45, 2.75) is 32.8 Å². The molecule has 0 saturated carbocycles. The number of hydrogen-bond donors (Lipinski definition) is 0. The summed E-state index contributed by atoms with van der Waals surface area (Å²) in [6.07, 6.45) is -0.295. The second kappa shape index (κ2) is 4.52. The standard InChI is InChI=1S/C11H16N2O3/c1-11(2,3)16-10(15)13-6-8(5-12)4-9(14)7-13/h8H,4,6-7H2,1-3H3. The number of likely N-dealkylation sites (tertiary alicyclic amines) is 1. The molecule has 0 radical (unpaired) electrons. The van der Waals surface area contributed by atoms with Gasteiger partial charge in [0, 0.05) is 13.0 Å². The molecule has 0 spiro atoms. The van der Waals surface area contributed by atoms with Gasteiger partial charge in [-0.25, -0.2) is 4.79 Å². The Morgan fingerprint density at radius 3 is 2.69 bits per heavy atom. The molecule has 88 valence electrons. The van der Waals surface area contributed by atoms with Gasteiger partial charge in [-0.3, -0.25) is 9.69 Å². The van der Waals surface area contributed by atoms with Crippen LogP contribution in [0.3, 0.4) is 0 Å². The van der Waals surface area contributed by atoms with Gasteiger partial charge in [-0.2, -0.15) is 5.26 Å². The average Bonchev–Trinajstić information content (AvgIpc) is 2.14. The van der Waals surface area contributed by atoms with Crippen molar-refractivity contribution in [3.8, 4) is 6.07 Å². The smallest absolute Gasteiger partial charge is 0.410 e. The quantitative estimate of drug-likeness (QED) is 0.622. The molecule has 0 aromatic heterocycles. The van der Waals surface area contributed by atoms with Crippen LogP contribution in [0, 0.1) is 17.2 Å². The minimum atomic E-state index is -0.584. The van der Waals surface area contributed by atoms with Crippen LogP contribution in [0.2, 0.25) is 0 Å². The molecular weight excluding hydrogens is 208 g/mol. The third-order valence-electron chi connectivity index (χ3n) is 2.12. The third kappa shape index (κ3) is 3.54. The fraction of sp³-hybridized carbons (Fsp3) is 0.727. The summed E-state index contributed by atoms with van der Waals surface area (Å²) in [6, 6.07) is 2.01. The third-order valence-corrected chi connectivity index (χ3v) is 2.12. The Morgan fingerprint density at radius 1 is 1.56 bits per heavy atom. The van der Waals surface area contributed by atoms with Crippen LogP contribution in [-0.2, 0) is 9.53 Å². The monoisotopic (exact) mass is 224 g/mol. The van der Waals surface area contributed by atoms with Crippen LogP contribution in [-0.4, -0.2) is 35.5 Å². The maximum atomic E-state index is 11.7. The topological polar surface area (TPSA) is 70.4 Å². The number of carbonyl (C=O) groups is 2. The molecule has 0 bridgehead atoms. The Labute approximate surface area is 95.0 Å². The van der Waals surface area contributed by atoms with Crippen LogP contribution < -0.4 is 0 Å². The second-order valence-electron chi connectivity index (χ2n) is 4.93. The highest BCUT2D eigenvalue weighted by Crippen LogP contribution is 2.16. The molecule has 1 aliphatic rings. The first kappa shape index (κ1) is 12.5. The van der Waals surface area contributed by atoms with Gasteiger partial charge in [0.25, 0.3) is 0 Å². The lowest BCUT2D eigenvalue weighted by molar-refractivity contribution is -0.123. The van der Waals surface area contributed by atoms with Gasteiger partial charge in [-0.15, -0.1) is 0 Å². The Bertz CT molecular complexity index is 338. The van der Waals surface area contributed by atoms with Crippen LogP contribution >= 0.6 is 0 Å². The summed E-state index contributed by atoms with van der Waals surface area (Å²) in [5.41, 5.74) is -0.584.